The van der Waals surface area contributed by atoms with E-state index < -0.39 is 4.92 Å². The van der Waals surface area contributed by atoms with Gasteiger partial charge in [-0.1, -0.05) is 20.8 Å². The molecule has 1 fully saturated rings. The van der Waals surface area contributed by atoms with Crippen molar-refractivity contribution < 1.29 is 4.92 Å². The van der Waals surface area contributed by atoms with Crippen LogP contribution in [0.25, 0.3) is 0 Å². The molecule has 0 aromatic heterocycles. The van der Waals surface area contributed by atoms with Crippen molar-refractivity contribution in [1.29, 1.82) is 5.26 Å². The molecule has 5 heteroatoms. The minimum Gasteiger partial charge on any atom is -0.376 e. The number of nitro benzene ring substituents is 1. The molecular formula is C15H19N3O2. The molecule has 1 aromatic rings. The Kier molecular flexibility index (Phi) is 3.67. The van der Waals surface area contributed by atoms with Crippen molar-refractivity contribution in [3.8, 4) is 6.07 Å². The molecule has 0 spiro atoms. The SMILES string of the molecule is CC1CC(C)(C)CC1Nc1ccc(C#N)cc1[N+](=O)[O-]. The summed E-state index contributed by atoms with van der Waals surface area (Å²) in [5.41, 5.74) is 1.05. The number of nitro groups is 1. The van der Waals surface area contributed by atoms with Crippen molar-refractivity contribution >= 4 is 11.4 Å². The number of nitrogens with one attached hydrogen (secondary N) is 1. The normalized spacial score (nSPS) is 24.1. The molecule has 2 rings (SSSR count). The van der Waals surface area contributed by atoms with Crippen LogP contribution in [0.1, 0.15) is 39.2 Å². The van der Waals surface area contributed by atoms with Gasteiger partial charge in [-0.15, -0.1) is 0 Å². The van der Waals surface area contributed by atoms with E-state index in [1.54, 1.807) is 12.1 Å². The summed E-state index contributed by atoms with van der Waals surface area (Å²) in [6.07, 6.45) is 2.10. The van der Waals surface area contributed by atoms with Gasteiger partial charge in [0.1, 0.15) is 5.69 Å². The molecule has 0 bridgehead atoms. The van der Waals surface area contributed by atoms with Crippen LogP contribution in [-0.4, -0.2) is 11.0 Å². The molecule has 1 saturated carbocycles. The zero-order chi connectivity index (χ0) is 14.9. The first-order valence-electron chi connectivity index (χ1n) is 6.77. The van der Waals surface area contributed by atoms with Crippen LogP contribution >= 0.6 is 0 Å². The van der Waals surface area contributed by atoms with Crippen LogP contribution in [0.5, 0.6) is 0 Å². The average Bonchev–Trinajstić information content (AvgIpc) is 2.62. The Morgan fingerprint density at radius 3 is 2.65 bits per heavy atom. The Morgan fingerprint density at radius 2 is 2.15 bits per heavy atom. The molecule has 0 aliphatic heterocycles. The first kappa shape index (κ1) is 14.3. The summed E-state index contributed by atoms with van der Waals surface area (Å²) in [5.74, 6) is 0.472. The van der Waals surface area contributed by atoms with E-state index in [1.807, 2.05) is 6.07 Å². The van der Waals surface area contributed by atoms with Gasteiger partial charge in [0.2, 0.25) is 0 Å². The molecule has 5 nitrogen and oxygen atoms in total. The van der Waals surface area contributed by atoms with E-state index in [2.05, 4.69) is 26.1 Å². The highest BCUT2D eigenvalue weighted by Gasteiger charge is 2.37. The predicted molar refractivity (Wildman–Crippen MR) is 77.4 cm³/mol. The Morgan fingerprint density at radius 1 is 1.45 bits per heavy atom. The Bertz CT molecular complexity index is 575. The van der Waals surface area contributed by atoms with Crippen molar-refractivity contribution in [2.75, 3.05) is 5.32 Å². The second kappa shape index (κ2) is 5.12. The third-order valence-electron chi connectivity index (χ3n) is 4.00. The van der Waals surface area contributed by atoms with E-state index in [-0.39, 0.29) is 17.1 Å². The standard InChI is InChI=1S/C15H19N3O2/c1-10-7-15(2,3)8-13(10)17-12-5-4-11(9-16)6-14(12)18(19)20/h4-6,10,13,17H,7-8H2,1-3H3. The minimum absolute atomic E-state index is 0.0269. The van der Waals surface area contributed by atoms with Crippen LogP contribution in [0.3, 0.4) is 0 Å². The molecule has 20 heavy (non-hydrogen) atoms. The van der Waals surface area contributed by atoms with Gasteiger partial charge in [-0.25, -0.2) is 0 Å². The van der Waals surface area contributed by atoms with Crippen LogP contribution in [0.15, 0.2) is 18.2 Å². The molecule has 1 N–H and O–H groups in total. The van der Waals surface area contributed by atoms with E-state index in [0.29, 0.717) is 17.2 Å². The van der Waals surface area contributed by atoms with E-state index >= 15 is 0 Å². The smallest absolute Gasteiger partial charge is 0.293 e. The molecule has 0 amide bonds. The second-order valence-corrected chi connectivity index (χ2v) is 6.40. The molecule has 0 radical (unpaired) electrons. The van der Waals surface area contributed by atoms with Gasteiger partial charge in [0.25, 0.3) is 5.69 Å². The monoisotopic (exact) mass is 273 g/mol. The quantitative estimate of drug-likeness (QED) is 0.672. The number of rotatable bonds is 3. The third kappa shape index (κ3) is 2.90. The first-order chi connectivity index (χ1) is 9.32. The fourth-order valence-corrected chi connectivity index (χ4v) is 3.16. The molecule has 2 unspecified atom stereocenters. The molecule has 0 saturated heterocycles. The summed E-state index contributed by atoms with van der Waals surface area (Å²) in [6.45, 7) is 6.61. The molecule has 1 aliphatic rings. The van der Waals surface area contributed by atoms with Crippen molar-refractivity contribution in [3.63, 3.8) is 0 Å². The molecule has 106 valence electrons. The van der Waals surface area contributed by atoms with E-state index in [1.165, 1.54) is 6.07 Å². The van der Waals surface area contributed by atoms with Crippen molar-refractivity contribution in [2.24, 2.45) is 11.3 Å². The van der Waals surface area contributed by atoms with Gasteiger partial charge >= 0.3 is 0 Å². The van der Waals surface area contributed by atoms with Crippen LogP contribution in [-0.2, 0) is 0 Å². The number of hydrogen-bond donors (Lipinski definition) is 1. The van der Waals surface area contributed by atoms with Crippen LogP contribution < -0.4 is 5.32 Å². The van der Waals surface area contributed by atoms with Gasteiger partial charge < -0.3 is 5.32 Å². The van der Waals surface area contributed by atoms with E-state index in [0.717, 1.165) is 12.8 Å². The number of nitrogens with zero attached hydrogens (tertiary/aromatic N) is 2. The molecule has 1 aromatic carbocycles. The number of hydrogen-bond acceptors (Lipinski definition) is 4. The lowest BCUT2D eigenvalue weighted by Crippen LogP contribution is -2.23. The Labute approximate surface area is 118 Å². The van der Waals surface area contributed by atoms with Crippen LogP contribution in [0.4, 0.5) is 11.4 Å². The first-order valence-corrected chi connectivity index (χ1v) is 6.77. The zero-order valence-corrected chi connectivity index (χ0v) is 12.0. The molecular weight excluding hydrogens is 254 g/mol. The van der Waals surface area contributed by atoms with Gasteiger partial charge in [-0.05, 0) is 36.3 Å². The maximum Gasteiger partial charge on any atom is 0.293 e. The maximum absolute atomic E-state index is 11.1. The number of benzene rings is 1. The number of nitriles is 1. The lowest BCUT2D eigenvalue weighted by Gasteiger charge is -2.19. The summed E-state index contributed by atoms with van der Waals surface area (Å²) >= 11 is 0. The lowest BCUT2D eigenvalue weighted by atomic mass is 9.91. The van der Waals surface area contributed by atoms with Crippen LogP contribution in [0.2, 0.25) is 0 Å². The van der Waals surface area contributed by atoms with Gasteiger partial charge in [-0.2, -0.15) is 5.26 Å². The average molecular weight is 273 g/mol. The maximum atomic E-state index is 11.1. The highest BCUT2D eigenvalue weighted by atomic mass is 16.6. The van der Waals surface area contributed by atoms with Gasteiger partial charge in [-0.3, -0.25) is 10.1 Å². The van der Waals surface area contributed by atoms with Crippen LogP contribution in [0, 0.1) is 32.8 Å². The summed E-state index contributed by atoms with van der Waals surface area (Å²) in [5, 5.41) is 23.3. The number of anilines is 1. The Balaban J connectivity index is 2.26. The fourth-order valence-electron chi connectivity index (χ4n) is 3.16. The Hall–Kier alpha value is -2.09. The van der Waals surface area contributed by atoms with Crippen molar-refractivity contribution in [3.05, 3.63) is 33.9 Å². The van der Waals surface area contributed by atoms with E-state index in [9.17, 15) is 10.1 Å². The highest BCUT2D eigenvalue weighted by Crippen LogP contribution is 2.42. The predicted octanol–water partition coefficient (Wildman–Crippen LogP) is 3.70. The molecule has 1 aliphatic carbocycles. The second-order valence-electron chi connectivity index (χ2n) is 6.40. The van der Waals surface area contributed by atoms with Gasteiger partial charge in [0.15, 0.2) is 0 Å². The molecule has 2 atom stereocenters. The largest absolute Gasteiger partial charge is 0.376 e. The summed E-state index contributed by atoms with van der Waals surface area (Å²) in [6, 6.07) is 6.74. The summed E-state index contributed by atoms with van der Waals surface area (Å²) in [4.78, 5) is 10.7. The zero-order valence-electron chi connectivity index (χ0n) is 12.0. The van der Waals surface area contributed by atoms with Gasteiger partial charge in [0.05, 0.1) is 16.6 Å². The topological polar surface area (TPSA) is 79.0 Å². The van der Waals surface area contributed by atoms with Crippen molar-refractivity contribution in [2.45, 2.75) is 39.7 Å². The highest BCUT2D eigenvalue weighted by molar-refractivity contribution is 5.64. The minimum atomic E-state index is -0.437. The summed E-state index contributed by atoms with van der Waals surface area (Å²) < 4.78 is 0. The summed E-state index contributed by atoms with van der Waals surface area (Å²) in [7, 11) is 0. The van der Waals surface area contributed by atoms with Gasteiger partial charge in [0, 0.05) is 12.1 Å². The van der Waals surface area contributed by atoms with Crippen molar-refractivity contribution in [1.82, 2.24) is 0 Å². The fraction of sp³-hybridized carbons (Fsp3) is 0.533. The van der Waals surface area contributed by atoms with E-state index in [4.69, 9.17) is 5.26 Å². The molecule has 0 heterocycles. The third-order valence-corrected chi connectivity index (χ3v) is 4.00. The lowest BCUT2D eigenvalue weighted by molar-refractivity contribution is -0.384.